The fourth-order valence-electron chi connectivity index (χ4n) is 4.18. The van der Waals surface area contributed by atoms with Gasteiger partial charge < -0.3 is 52.5 Å². The van der Waals surface area contributed by atoms with Crippen LogP contribution in [-0.2, 0) is 33.2 Å². The summed E-state index contributed by atoms with van der Waals surface area (Å²) in [5, 5.41) is 0. The molecule has 0 saturated heterocycles. The maximum atomic E-state index is 10.1. The molecule has 0 spiro atoms. The van der Waals surface area contributed by atoms with E-state index < -0.39 is 0 Å². The summed E-state index contributed by atoms with van der Waals surface area (Å²) in [6.45, 7) is 34.8. The van der Waals surface area contributed by atoms with Crippen molar-refractivity contribution in [3.63, 3.8) is 0 Å². The number of nitrogens with two attached hydrogens (primary N) is 3. The van der Waals surface area contributed by atoms with Gasteiger partial charge in [0.15, 0.2) is 0 Å². The Morgan fingerprint density at radius 1 is 0.417 bits per heavy atom. The summed E-state index contributed by atoms with van der Waals surface area (Å²) in [5.41, 5.74) is 18.8. The Bertz CT molecular complexity index is 1260. The first kappa shape index (κ1) is 97.5. The van der Waals surface area contributed by atoms with Crippen molar-refractivity contribution in [1.82, 2.24) is 0 Å². The summed E-state index contributed by atoms with van der Waals surface area (Å²) < 4.78 is 34.9. The molecule has 438 valence electrons. The van der Waals surface area contributed by atoms with Gasteiger partial charge in [0.2, 0.25) is 0 Å². The lowest BCUT2D eigenvalue weighted by molar-refractivity contribution is -0.119. The van der Waals surface area contributed by atoms with E-state index in [9.17, 15) is 4.79 Å². The Labute approximate surface area is 450 Å². The van der Waals surface area contributed by atoms with E-state index in [1.165, 1.54) is 18.6 Å². The number of ether oxygens (including phenoxy) is 6. The predicted octanol–water partition coefficient (Wildman–Crippen LogP) is 13.8. The monoisotopic (exact) mass is 1040 g/mol. The zero-order valence-corrected chi connectivity index (χ0v) is 42.6. The van der Waals surface area contributed by atoms with Crippen LogP contribution in [0.2, 0.25) is 0 Å². The van der Waals surface area contributed by atoms with E-state index in [0.717, 1.165) is 30.0 Å². The number of rotatable bonds is 33. The first-order chi connectivity index (χ1) is 29.9. The zero-order chi connectivity index (χ0) is 48.4. The van der Waals surface area contributed by atoms with Crippen LogP contribution < -0.4 is 17.2 Å². The Morgan fingerprint density at radius 3 is 0.736 bits per heavy atom. The second kappa shape index (κ2) is 65.3. The van der Waals surface area contributed by atoms with Crippen molar-refractivity contribution in [2.24, 2.45) is 66.7 Å². The van der Waals surface area contributed by atoms with Gasteiger partial charge in [0, 0.05) is 52.5 Å². The molecule has 8 N–H and O–H groups in total. The fourth-order valence-corrected chi connectivity index (χ4v) is 4.18. The van der Waals surface area contributed by atoms with E-state index in [0.29, 0.717) is 97.0 Å². The van der Waals surface area contributed by atoms with Crippen LogP contribution in [0.1, 0.15) is 171 Å². The molecule has 0 amide bonds. The van der Waals surface area contributed by atoms with Crippen LogP contribution in [-0.4, -0.2) is 108 Å². The second-order valence-corrected chi connectivity index (χ2v) is 16.8. The lowest BCUT2D eigenvalue weighted by Gasteiger charge is -2.31. The van der Waals surface area contributed by atoms with Crippen molar-refractivity contribution < 1.29 is 40.1 Å². The minimum atomic E-state index is -0.235. The average Bonchev–Trinajstić information content (AvgIpc) is 3.25. The topological polar surface area (TPSA) is 219 Å². The third-order valence-electron chi connectivity index (χ3n) is 10.1. The summed E-state index contributed by atoms with van der Waals surface area (Å²) in [6.07, 6.45) is 22.8. The van der Waals surface area contributed by atoms with Crippen molar-refractivity contribution in [2.75, 3.05) is 79.3 Å². The molecule has 0 heterocycles. The van der Waals surface area contributed by atoms with E-state index in [1.54, 1.807) is 25.2 Å². The molecule has 0 fully saturated rings. The summed E-state index contributed by atoms with van der Waals surface area (Å²) in [7, 11) is 0. The molecule has 0 aliphatic heterocycles. The summed E-state index contributed by atoms with van der Waals surface area (Å²) in [6, 6.07) is 0. The third kappa shape index (κ3) is 58.8. The van der Waals surface area contributed by atoms with Crippen molar-refractivity contribution >= 4 is 22.9 Å². The molecule has 0 aromatic heterocycles. The Morgan fingerprint density at radius 2 is 0.597 bits per heavy atom. The summed E-state index contributed by atoms with van der Waals surface area (Å²) >= 11 is 0. The highest BCUT2D eigenvalue weighted by Gasteiger charge is 2.30. The number of carbonyl (C=O) groups excluding carboxylic acids is 1. The number of aliphatic imine (C=N–C) groups is 3. The normalized spacial score (nSPS) is 12.6. The van der Waals surface area contributed by atoms with Gasteiger partial charge in [-0.25, -0.2) is 0 Å². The van der Waals surface area contributed by atoms with Gasteiger partial charge in [-0.15, -0.1) is 0 Å². The van der Waals surface area contributed by atoms with E-state index in [2.05, 4.69) is 70.4 Å². The maximum absolute atomic E-state index is 10.1. The van der Waals surface area contributed by atoms with Crippen molar-refractivity contribution in [3.05, 3.63) is 73.7 Å². The lowest BCUT2D eigenvalue weighted by atomic mass is 9.88. The molecule has 0 aromatic rings. The molecular weight excluding hydrogens is 909 g/mol. The first-order valence-corrected chi connectivity index (χ1v) is 22.6. The van der Waals surface area contributed by atoms with Gasteiger partial charge in [0.05, 0.1) is 79.3 Å². The first-order valence-electron chi connectivity index (χ1n) is 22.6. The maximum Gasteiger partial charge on any atom is 0.132 e. The molecule has 14 heteroatoms. The van der Waals surface area contributed by atoms with Crippen molar-refractivity contribution in [1.29, 1.82) is 0 Å². The van der Waals surface area contributed by atoms with Gasteiger partial charge in [0.25, 0.3) is 0 Å². The van der Waals surface area contributed by atoms with Gasteiger partial charge in [-0.05, 0) is 113 Å². The molecule has 0 aromatic carbocycles. The second-order valence-electron chi connectivity index (χ2n) is 16.8. The molecule has 0 aliphatic carbocycles. The van der Waals surface area contributed by atoms with Crippen LogP contribution >= 0.6 is 0 Å². The van der Waals surface area contributed by atoms with Crippen LogP contribution in [0.4, 0.5) is 0 Å². The number of ketones is 1. The summed E-state index contributed by atoms with van der Waals surface area (Å²) in [4.78, 5) is 23.5. The number of hydrogen-bond donors (Lipinski definition) is 3. The van der Waals surface area contributed by atoms with Gasteiger partial charge >= 0.3 is 0 Å². The highest BCUT2D eigenvalue weighted by molar-refractivity contribution is 5.85. The number of hydrogen-bond acceptors (Lipinski definition) is 13. The van der Waals surface area contributed by atoms with Gasteiger partial charge in [-0.2, -0.15) is 0 Å². The van der Waals surface area contributed by atoms with E-state index in [1.807, 2.05) is 71.4 Å². The fraction of sp³-hybridized carbons (Fsp3) is 0.724. The molecule has 0 aliphatic rings. The quantitative estimate of drug-likeness (QED) is 0.0417. The van der Waals surface area contributed by atoms with Crippen LogP contribution in [0.3, 0.4) is 0 Å². The van der Waals surface area contributed by atoms with Crippen molar-refractivity contribution in [3.8, 4) is 0 Å². The molecule has 0 unspecified atom stereocenters. The zero-order valence-electron chi connectivity index (χ0n) is 43.6. The van der Waals surface area contributed by atoms with Crippen LogP contribution in [0.5, 0.6) is 0 Å². The average molecular weight is 1040 g/mol. The Hall–Kier alpha value is -3.76. The molecular formula is C58H127N6O8-. The minimum absolute atomic E-state index is 0. The molecule has 0 atom stereocenters. The highest BCUT2D eigenvalue weighted by Crippen LogP contribution is 2.25. The Kier molecular flexibility index (Phi) is 88.4. The minimum Gasteiger partial charge on any atom is -1.00 e. The van der Waals surface area contributed by atoms with Crippen molar-refractivity contribution in [2.45, 2.75) is 169 Å². The van der Waals surface area contributed by atoms with Crippen LogP contribution in [0.25, 0.3) is 0 Å². The lowest BCUT2D eigenvalue weighted by Crippen LogP contribution is -2.37. The molecule has 0 rings (SSSR count). The smallest absolute Gasteiger partial charge is 0.132 e. The van der Waals surface area contributed by atoms with Crippen LogP contribution in [0, 0.1) is 34.5 Å². The third-order valence-corrected chi connectivity index (χ3v) is 10.1. The van der Waals surface area contributed by atoms with Crippen LogP contribution in [0.15, 0.2) is 88.6 Å². The highest BCUT2D eigenvalue weighted by atomic mass is 16.5. The largest absolute Gasteiger partial charge is 1.00 e. The SMILES string of the molecule is C.C.C.C.C.C.C.C.CC(=O)C(C)C.CCC(COC/C=C/N=C(C)C(C)C)(COC/C=C/N=C(C)C(C)C)COC/C=C/N=C(C)C(C)C.CCC(COC/C=C\N)(COC/C=C/N)COC/C=C/N.O.[2H-]. The predicted molar refractivity (Wildman–Crippen MR) is 326 cm³/mol. The molecule has 14 nitrogen and oxygen atoms in total. The Balaban J connectivity index is -0.0000000766. The number of Topliss-reactive ketones (excluding diaryl/α,β-unsaturated/α-hetero) is 1. The van der Waals surface area contributed by atoms with Gasteiger partial charge in [-0.1, -0.05) is 129 Å². The molecule has 0 bridgehead atoms. The van der Waals surface area contributed by atoms with E-state index in [4.69, 9.17) is 45.6 Å². The molecule has 72 heavy (non-hydrogen) atoms. The van der Waals surface area contributed by atoms with Gasteiger partial charge in [-0.3, -0.25) is 19.8 Å². The standard InChI is InChI=1S/C30H53N3O3.C15H29N3O3.C5H10O.8CH4.H2O.H/c1-11-30(21-34-18-12-15-31-27(8)24(2)3,22-35-19-13-16-32-28(9)25(4)5)23-36-20-14-17-33-29(10)26(6)7;1-2-15(12-19-9-3-6-16,13-20-10-4-7-17)14-21-11-5-8-18;1-4(2)5(3)6;;;;;;;;;;/h12-17,24-26H,11,18-23H2,1-10H3;3-8H,2,9-14,16-18H2,1H3;4H,1-3H3;8*1H4;1H2;/q;;;;;;;;;;;;-1/b15-12+,16-13+,17-14+,31-27?,32-28?,33-29?;6-3-,7-4+,8-5+;;;;;;;;;;;/i;;;;;;;;;;;;1+1. The number of carbonyl (C=O) groups is 1. The molecule has 0 saturated carbocycles. The summed E-state index contributed by atoms with van der Waals surface area (Å²) in [5.74, 6) is 1.81. The number of nitrogens with zero attached hydrogens (tertiary/aromatic N) is 3. The van der Waals surface area contributed by atoms with E-state index >= 15 is 0 Å². The molecule has 0 radical (unpaired) electrons. The van der Waals surface area contributed by atoms with E-state index in [-0.39, 0.29) is 88.8 Å². The van der Waals surface area contributed by atoms with Gasteiger partial charge in [0.1, 0.15) is 5.78 Å².